The highest BCUT2D eigenvalue weighted by atomic mass is 32.2. The van der Waals surface area contributed by atoms with Crippen LogP contribution in [0.25, 0.3) is 0 Å². The Labute approximate surface area is 126 Å². The van der Waals surface area contributed by atoms with E-state index in [9.17, 15) is 4.79 Å². The van der Waals surface area contributed by atoms with Crippen LogP contribution in [-0.4, -0.2) is 16.3 Å². The van der Waals surface area contributed by atoms with Crippen LogP contribution in [0.3, 0.4) is 0 Å². The second kappa shape index (κ2) is 6.34. The molecule has 108 valence electrons. The van der Waals surface area contributed by atoms with Gasteiger partial charge in [0.2, 0.25) is 0 Å². The van der Waals surface area contributed by atoms with E-state index in [0.717, 1.165) is 41.7 Å². The highest BCUT2D eigenvalue weighted by Crippen LogP contribution is 2.44. The first-order chi connectivity index (χ1) is 9.76. The van der Waals surface area contributed by atoms with Gasteiger partial charge in [-0.05, 0) is 37.7 Å². The summed E-state index contributed by atoms with van der Waals surface area (Å²) in [4.78, 5) is 12.7. The maximum absolute atomic E-state index is 12.7. The topological polar surface area (TPSA) is 17.1 Å². The summed E-state index contributed by atoms with van der Waals surface area (Å²) in [6.45, 7) is 2.19. The van der Waals surface area contributed by atoms with Gasteiger partial charge >= 0.3 is 0 Å². The normalized spacial score (nSPS) is 29.1. The largest absolute Gasteiger partial charge is 0.294 e. The van der Waals surface area contributed by atoms with Gasteiger partial charge in [0.05, 0.1) is 0 Å². The van der Waals surface area contributed by atoms with Crippen LogP contribution in [0.15, 0.2) is 24.3 Å². The van der Waals surface area contributed by atoms with Crippen LogP contribution in [0, 0.1) is 5.92 Å². The van der Waals surface area contributed by atoms with Crippen molar-refractivity contribution in [2.24, 2.45) is 5.92 Å². The summed E-state index contributed by atoms with van der Waals surface area (Å²) in [7, 11) is 0. The van der Waals surface area contributed by atoms with Gasteiger partial charge in [-0.2, -0.15) is 11.8 Å². The number of rotatable bonds is 4. The molecule has 0 N–H and O–H groups in total. The van der Waals surface area contributed by atoms with E-state index in [1.165, 1.54) is 24.8 Å². The minimum absolute atomic E-state index is 0.281. The van der Waals surface area contributed by atoms with Crippen molar-refractivity contribution < 1.29 is 4.79 Å². The molecule has 1 aromatic rings. The number of carbonyl (C=O) groups is 1. The number of carbonyl (C=O) groups excluding carboxylic acids is 1. The predicted molar refractivity (Wildman–Crippen MR) is 86.5 cm³/mol. The van der Waals surface area contributed by atoms with E-state index in [4.69, 9.17) is 0 Å². The third-order valence-corrected chi connectivity index (χ3v) is 6.31. The lowest BCUT2D eigenvalue weighted by atomic mass is 9.84. The summed E-state index contributed by atoms with van der Waals surface area (Å²) in [6.07, 6.45) is 8.50. The Kier molecular flexibility index (Phi) is 4.50. The molecule has 20 heavy (non-hydrogen) atoms. The Morgan fingerprint density at radius 3 is 2.40 bits per heavy atom. The van der Waals surface area contributed by atoms with Crippen molar-refractivity contribution in [3.8, 4) is 0 Å². The van der Waals surface area contributed by atoms with Crippen LogP contribution in [0.1, 0.15) is 61.4 Å². The zero-order chi connectivity index (χ0) is 13.9. The molecule has 3 rings (SSSR count). The Morgan fingerprint density at radius 2 is 1.80 bits per heavy atom. The minimum atomic E-state index is 0.281. The van der Waals surface area contributed by atoms with Crippen molar-refractivity contribution in [3.63, 3.8) is 0 Å². The second-order valence-electron chi connectivity index (χ2n) is 6.29. The lowest BCUT2D eigenvalue weighted by molar-refractivity contribution is 0.0896. The lowest BCUT2D eigenvalue weighted by Crippen LogP contribution is -2.32. The molecule has 0 aromatic heterocycles. The second-order valence-corrected chi connectivity index (χ2v) is 7.90. The molecule has 2 heteroatoms. The van der Waals surface area contributed by atoms with Crippen LogP contribution < -0.4 is 0 Å². The fourth-order valence-electron chi connectivity index (χ4n) is 3.63. The average Bonchev–Trinajstić information content (AvgIpc) is 2.47. The summed E-state index contributed by atoms with van der Waals surface area (Å²) in [5.74, 6) is 0.675. The Bertz CT molecular complexity index is 453. The van der Waals surface area contributed by atoms with Crippen molar-refractivity contribution in [1.82, 2.24) is 0 Å². The molecule has 2 fully saturated rings. The summed E-state index contributed by atoms with van der Waals surface area (Å²) < 4.78 is 0. The third-order valence-electron chi connectivity index (χ3n) is 4.68. The number of Topliss-reactive ketones (excluding diaryl/α,β-unsaturated/α-hetero) is 1. The molecule has 1 nitrogen and oxygen atoms in total. The number of hydrogen-bond donors (Lipinski definition) is 0. The Balaban J connectivity index is 1.68. The molecule has 2 aliphatic heterocycles. The van der Waals surface area contributed by atoms with Gasteiger partial charge in [0.1, 0.15) is 0 Å². The summed E-state index contributed by atoms with van der Waals surface area (Å²) >= 11 is 2.15. The van der Waals surface area contributed by atoms with Gasteiger partial charge in [0.25, 0.3) is 0 Å². The molecule has 0 spiro atoms. The van der Waals surface area contributed by atoms with Crippen molar-refractivity contribution in [2.75, 3.05) is 0 Å². The van der Waals surface area contributed by atoms with E-state index < -0.39 is 0 Å². The molecule has 2 atom stereocenters. The first-order valence-electron chi connectivity index (χ1n) is 8.05. The first-order valence-corrected chi connectivity index (χ1v) is 8.99. The molecular formula is C18H24OS. The zero-order valence-electron chi connectivity index (χ0n) is 12.3. The van der Waals surface area contributed by atoms with Crippen LogP contribution in [0.2, 0.25) is 0 Å². The van der Waals surface area contributed by atoms with Gasteiger partial charge < -0.3 is 0 Å². The van der Waals surface area contributed by atoms with Crippen molar-refractivity contribution >= 4 is 17.5 Å². The van der Waals surface area contributed by atoms with Gasteiger partial charge in [-0.25, -0.2) is 0 Å². The maximum atomic E-state index is 12.7. The Hall–Kier alpha value is -0.760. The molecule has 2 aliphatic rings. The molecule has 0 saturated carbocycles. The van der Waals surface area contributed by atoms with Gasteiger partial charge in [-0.15, -0.1) is 0 Å². The quantitative estimate of drug-likeness (QED) is 0.734. The van der Waals surface area contributed by atoms with Crippen LogP contribution >= 0.6 is 11.8 Å². The molecule has 2 unspecified atom stereocenters. The third kappa shape index (κ3) is 3.11. The number of ketones is 1. The van der Waals surface area contributed by atoms with E-state index in [-0.39, 0.29) is 5.92 Å². The zero-order valence-corrected chi connectivity index (χ0v) is 13.1. The summed E-state index contributed by atoms with van der Waals surface area (Å²) in [5, 5.41) is 1.49. The van der Waals surface area contributed by atoms with E-state index >= 15 is 0 Å². The lowest BCUT2D eigenvalue weighted by Gasteiger charge is -2.37. The molecule has 2 heterocycles. The number of benzene rings is 1. The molecule has 0 aliphatic carbocycles. The molecular weight excluding hydrogens is 264 g/mol. The average molecular weight is 288 g/mol. The van der Waals surface area contributed by atoms with Crippen molar-refractivity contribution in [2.45, 2.75) is 62.4 Å². The first kappa shape index (κ1) is 14.2. The van der Waals surface area contributed by atoms with Gasteiger partial charge in [0.15, 0.2) is 5.78 Å². The van der Waals surface area contributed by atoms with Gasteiger partial charge in [0, 0.05) is 22.0 Å². The summed E-state index contributed by atoms with van der Waals surface area (Å²) in [6, 6.07) is 8.36. The molecule has 2 bridgehead atoms. The standard InChI is InChI=1S/C18H24OS/c1-2-4-13-7-9-14(10-8-13)18(19)15-11-16-5-3-6-17(12-15)20-16/h7-10,15-17H,2-6,11-12H2,1H3. The fraction of sp³-hybridized carbons (Fsp3) is 0.611. The van der Waals surface area contributed by atoms with Crippen molar-refractivity contribution in [1.29, 1.82) is 0 Å². The van der Waals surface area contributed by atoms with E-state index in [1.54, 1.807) is 0 Å². The predicted octanol–water partition coefficient (Wildman–Crippen LogP) is 4.89. The van der Waals surface area contributed by atoms with Gasteiger partial charge in [-0.1, -0.05) is 44.0 Å². The highest BCUT2D eigenvalue weighted by Gasteiger charge is 2.35. The number of hydrogen-bond acceptors (Lipinski definition) is 2. The van der Waals surface area contributed by atoms with E-state index in [2.05, 4.69) is 30.8 Å². The molecule has 0 amide bonds. The highest BCUT2D eigenvalue weighted by molar-refractivity contribution is 8.00. The minimum Gasteiger partial charge on any atom is -0.294 e. The Morgan fingerprint density at radius 1 is 1.15 bits per heavy atom. The van der Waals surface area contributed by atoms with E-state index in [0.29, 0.717) is 5.78 Å². The molecule has 0 radical (unpaired) electrons. The van der Waals surface area contributed by atoms with Crippen LogP contribution in [0.4, 0.5) is 0 Å². The SMILES string of the molecule is CCCc1ccc(C(=O)C2CC3CCCC(C2)S3)cc1. The smallest absolute Gasteiger partial charge is 0.166 e. The monoisotopic (exact) mass is 288 g/mol. The van der Waals surface area contributed by atoms with Gasteiger partial charge in [-0.3, -0.25) is 4.79 Å². The number of aryl methyl sites for hydroxylation is 1. The van der Waals surface area contributed by atoms with Crippen LogP contribution in [-0.2, 0) is 6.42 Å². The van der Waals surface area contributed by atoms with Crippen molar-refractivity contribution in [3.05, 3.63) is 35.4 Å². The fourth-order valence-corrected chi connectivity index (χ4v) is 5.47. The molecule has 2 saturated heterocycles. The maximum Gasteiger partial charge on any atom is 0.166 e. The number of thioether (sulfide) groups is 1. The summed E-state index contributed by atoms with van der Waals surface area (Å²) in [5.41, 5.74) is 2.28. The van der Waals surface area contributed by atoms with Crippen LogP contribution in [0.5, 0.6) is 0 Å². The molecule has 1 aromatic carbocycles. The number of fused-ring (bicyclic) bond motifs is 2. The van der Waals surface area contributed by atoms with E-state index in [1.807, 2.05) is 12.1 Å².